The summed E-state index contributed by atoms with van der Waals surface area (Å²) < 4.78 is 32.4. The lowest BCUT2D eigenvalue weighted by molar-refractivity contribution is 0.0782. The van der Waals surface area contributed by atoms with Gasteiger partial charge in [0.2, 0.25) is 11.7 Å². The van der Waals surface area contributed by atoms with Crippen LogP contribution >= 0.6 is 0 Å². The molecule has 0 radical (unpaired) electrons. The molecule has 0 N–H and O–H groups in total. The molecule has 1 atom stereocenters. The third-order valence-corrected chi connectivity index (χ3v) is 9.58. The van der Waals surface area contributed by atoms with Crippen LogP contribution in [-0.4, -0.2) is 92.9 Å². The van der Waals surface area contributed by atoms with Crippen molar-refractivity contribution in [2.24, 2.45) is 0 Å². The smallest absolute Gasteiger partial charge is 0.253 e. The minimum Gasteiger partial charge on any atom is -0.493 e. The number of hydrogen-bond acceptors (Lipinski definition) is 7. The Balaban J connectivity index is 1.14. The topological polar surface area (TPSA) is 72.3 Å². The summed E-state index contributed by atoms with van der Waals surface area (Å²) in [7, 11) is 6.50. The maximum Gasteiger partial charge on any atom is 0.253 e. The van der Waals surface area contributed by atoms with Crippen molar-refractivity contribution in [1.82, 2.24) is 19.4 Å². The van der Waals surface area contributed by atoms with Crippen molar-refractivity contribution in [1.29, 1.82) is 0 Å². The van der Waals surface area contributed by atoms with Gasteiger partial charge in [0, 0.05) is 44.7 Å². The molecular formula is C40H46FN5O4. The summed E-state index contributed by atoms with van der Waals surface area (Å²) in [6.45, 7) is 5.73. The van der Waals surface area contributed by atoms with Crippen LogP contribution in [0, 0.1) is 5.82 Å². The number of fused-ring (bicyclic) bond motifs is 1. The van der Waals surface area contributed by atoms with Crippen molar-refractivity contribution in [3.05, 3.63) is 114 Å². The van der Waals surface area contributed by atoms with Gasteiger partial charge in [-0.05, 0) is 73.5 Å². The number of methoxy groups -OCH3 is 3. The van der Waals surface area contributed by atoms with E-state index in [-0.39, 0.29) is 17.6 Å². The van der Waals surface area contributed by atoms with Gasteiger partial charge in [0.15, 0.2) is 11.5 Å². The highest BCUT2D eigenvalue weighted by atomic mass is 19.1. The third-order valence-electron chi connectivity index (χ3n) is 9.58. The van der Waals surface area contributed by atoms with Crippen LogP contribution in [0.5, 0.6) is 17.2 Å². The number of anilines is 1. The van der Waals surface area contributed by atoms with Gasteiger partial charge in [-0.1, -0.05) is 54.6 Å². The fourth-order valence-electron chi connectivity index (χ4n) is 6.89. The fourth-order valence-corrected chi connectivity index (χ4v) is 6.89. The maximum atomic E-state index is 13.7. The van der Waals surface area contributed by atoms with Crippen LogP contribution in [0.15, 0.2) is 91.0 Å². The van der Waals surface area contributed by atoms with Gasteiger partial charge in [0.25, 0.3) is 5.91 Å². The number of likely N-dealkylation sites (N-methyl/N-ethyl adjacent to an activating group) is 1. The molecule has 6 rings (SSSR count). The number of benzene rings is 4. The molecule has 5 aromatic rings. The maximum absolute atomic E-state index is 13.7. The quantitative estimate of drug-likeness (QED) is 0.137. The van der Waals surface area contributed by atoms with Crippen LogP contribution in [0.3, 0.4) is 0 Å². The van der Waals surface area contributed by atoms with Crippen molar-refractivity contribution in [3.8, 4) is 17.2 Å². The average molecular weight is 680 g/mol. The van der Waals surface area contributed by atoms with Gasteiger partial charge in [-0.2, -0.15) is 0 Å². The van der Waals surface area contributed by atoms with Gasteiger partial charge in [0.1, 0.15) is 5.82 Å². The monoisotopic (exact) mass is 679 g/mol. The second-order valence-corrected chi connectivity index (χ2v) is 12.8. The molecule has 262 valence electrons. The normalized spacial score (nSPS) is 14.3. The predicted octanol–water partition coefficient (Wildman–Crippen LogP) is 6.71. The third kappa shape index (κ3) is 7.86. The molecule has 4 aromatic carbocycles. The van der Waals surface area contributed by atoms with Gasteiger partial charge in [-0.15, -0.1) is 0 Å². The molecule has 2 heterocycles. The highest BCUT2D eigenvalue weighted by molar-refractivity contribution is 5.95. The van der Waals surface area contributed by atoms with Crippen LogP contribution in [0.25, 0.3) is 11.0 Å². The minimum atomic E-state index is -0.233. The second kappa shape index (κ2) is 16.1. The van der Waals surface area contributed by atoms with E-state index in [0.717, 1.165) is 68.1 Å². The number of ether oxygens (including phenoxy) is 3. The Morgan fingerprint density at radius 3 is 2.26 bits per heavy atom. The van der Waals surface area contributed by atoms with Crippen LogP contribution in [0.2, 0.25) is 0 Å². The van der Waals surface area contributed by atoms with E-state index in [4.69, 9.17) is 19.2 Å². The number of halogens is 1. The number of aromatic nitrogens is 2. The minimum absolute atomic E-state index is 0.112. The molecule has 9 nitrogen and oxygen atoms in total. The number of amides is 1. The fraction of sp³-hybridized carbons (Fsp3) is 0.350. The second-order valence-electron chi connectivity index (χ2n) is 12.8. The molecule has 50 heavy (non-hydrogen) atoms. The summed E-state index contributed by atoms with van der Waals surface area (Å²) in [5.41, 5.74) is 4.76. The van der Waals surface area contributed by atoms with Crippen molar-refractivity contribution < 1.29 is 23.4 Å². The number of carbonyl (C=O) groups excluding carboxylic acids is 1. The number of para-hydroxylation sites is 2. The molecule has 1 aromatic heterocycles. The van der Waals surface area contributed by atoms with Gasteiger partial charge >= 0.3 is 0 Å². The van der Waals surface area contributed by atoms with Crippen LogP contribution in [0.4, 0.5) is 10.3 Å². The first-order valence-electron chi connectivity index (χ1n) is 17.2. The van der Waals surface area contributed by atoms with Crippen molar-refractivity contribution >= 4 is 22.9 Å². The summed E-state index contributed by atoms with van der Waals surface area (Å²) in [6, 6.07) is 28.8. The Kier molecular flexibility index (Phi) is 11.2. The van der Waals surface area contributed by atoms with E-state index in [1.54, 1.807) is 38.4 Å². The lowest BCUT2D eigenvalue weighted by Gasteiger charge is -2.28. The van der Waals surface area contributed by atoms with Gasteiger partial charge < -0.3 is 33.5 Å². The van der Waals surface area contributed by atoms with E-state index in [2.05, 4.69) is 50.8 Å². The van der Waals surface area contributed by atoms with E-state index in [0.29, 0.717) is 35.9 Å². The first-order valence-corrected chi connectivity index (χ1v) is 17.2. The van der Waals surface area contributed by atoms with E-state index >= 15 is 0 Å². The Hall–Kier alpha value is -5.09. The van der Waals surface area contributed by atoms with Crippen molar-refractivity contribution in [2.45, 2.75) is 25.3 Å². The Labute approximate surface area is 293 Å². The Morgan fingerprint density at radius 2 is 1.56 bits per heavy atom. The number of imidazole rings is 1. The first-order chi connectivity index (χ1) is 24.4. The molecule has 1 aliphatic rings. The first kappa shape index (κ1) is 34.8. The van der Waals surface area contributed by atoms with E-state index in [1.807, 2.05) is 37.4 Å². The zero-order valence-electron chi connectivity index (χ0n) is 29.3. The standard InChI is InChI=1S/C40H46FN5O4/c1-43(39(47)32-25-36(48-2)38(50-4)37(26-32)49-3)28-31(30-11-6-5-7-12-30)19-22-44-20-10-21-45(24-23-44)40-42-34-13-8-9-14-35(34)46(40)27-29-15-17-33(41)18-16-29/h5-9,11-18,25-26,31H,10,19-24,27-28H2,1-4H3. The van der Waals surface area contributed by atoms with Gasteiger partial charge in [-0.3, -0.25) is 4.79 Å². The predicted molar refractivity (Wildman–Crippen MR) is 195 cm³/mol. The molecular weight excluding hydrogens is 633 g/mol. The molecule has 1 unspecified atom stereocenters. The van der Waals surface area contributed by atoms with Crippen molar-refractivity contribution in [3.63, 3.8) is 0 Å². The Bertz CT molecular complexity index is 1860. The molecule has 0 spiro atoms. The number of hydrogen-bond donors (Lipinski definition) is 0. The molecule has 1 fully saturated rings. The van der Waals surface area contributed by atoms with E-state index in [9.17, 15) is 9.18 Å². The highest BCUT2D eigenvalue weighted by Crippen LogP contribution is 2.38. The molecule has 1 aliphatic heterocycles. The van der Waals surface area contributed by atoms with Gasteiger partial charge in [0.05, 0.1) is 38.9 Å². The molecule has 0 bridgehead atoms. The summed E-state index contributed by atoms with van der Waals surface area (Å²) in [4.78, 5) is 25.5. The van der Waals surface area contributed by atoms with Crippen LogP contribution in [-0.2, 0) is 6.54 Å². The van der Waals surface area contributed by atoms with E-state index in [1.165, 1.54) is 17.7 Å². The Morgan fingerprint density at radius 1 is 0.860 bits per heavy atom. The van der Waals surface area contributed by atoms with Crippen LogP contribution in [0.1, 0.15) is 40.2 Å². The average Bonchev–Trinajstić information content (AvgIpc) is 3.34. The summed E-state index contributed by atoms with van der Waals surface area (Å²) in [5, 5.41) is 0. The summed E-state index contributed by atoms with van der Waals surface area (Å²) in [6.07, 6.45) is 1.91. The largest absolute Gasteiger partial charge is 0.493 e. The SMILES string of the molecule is COc1cc(C(=O)N(C)CC(CCN2CCCN(c3nc4ccccc4n3Cc3ccc(F)cc3)CC2)c2ccccc2)cc(OC)c1OC. The molecule has 1 amide bonds. The lowest BCUT2D eigenvalue weighted by Crippen LogP contribution is -2.35. The number of nitrogens with zero attached hydrogens (tertiary/aromatic N) is 5. The zero-order valence-corrected chi connectivity index (χ0v) is 29.3. The van der Waals surface area contributed by atoms with Crippen LogP contribution < -0.4 is 19.1 Å². The summed E-state index contributed by atoms with van der Waals surface area (Å²) in [5.74, 6) is 2.10. The molecule has 10 heteroatoms. The lowest BCUT2D eigenvalue weighted by atomic mass is 9.94. The molecule has 1 saturated heterocycles. The number of carbonyl (C=O) groups is 1. The summed E-state index contributed by atoms with van der Waals surface area (Å²) >= 11 is 0. The molecule has 0 aliphatic carbocycles. The van der Waals surface area contributed by atoms with E-state index < -0.39 is 0 Å². The zero-order chi connectivity index (χ0) is 35.0. The number of rotatable bonds is 13. The highest BCUT2D eigenvalue weighted by Gasteiger charge is 2.25. The van der Waals surface area contributed by atoms with Crippen molar-refractivity contribution in [2.75, 3.05) is 72.5 Å². The molecule has 0 saturated carbocycles. The van der Waals surface area contributed by atoms with Gasteiger partial charge in [-0.25, -0.2) is 9.37 Å².